The quantitative estimate of drug-likeness (QED) is 0.572. The summed E-state index contributed by atoms with van der Waals surface area (Å²) in [5.74, 6) is 0.937. The number of aryl methyl sites for hydroxylation is 2. The SMILES string of the molecule is CCc1noc(C)c1C. The van der Waals surface area contributed by atoms with Gasteiger partial charge in [-0.15, -0.1) is 0 Å². The molecule has 9 heavy (non-hydrogen) atoms. The third kappa shape index (κ3) is 0.969. The maximum Gasteiger partial charge on any atom is 0.136 e. The van der Waals surface area contributed by atoms with Crippen LogP contribution in [0.1, 0.15) is 23.9 Å². The molecule has 0 aliphatic rings. The highest BCUT2D eigenvalue weighted by atomic mass is 16.5. The van der Waals surface area contributed by atoms with Crippen LogP contribution in [-0.2, 0) is 6.42 Å². The van der Waals surface area contributed by atoms with Crippen LogP contribution in [-0.4, -0.2) is 5.16 Å². The zero-order valence-electron chi connectivity index (χ0n) is 6.06. The smallest absolute Gasteiger partial charge is 0.136 e. The lowest BCUT2D eigenvalue weighted by Crippen LogP contribution is -1.81. The average Bonchev–Trinajstić information content (AvgIpc) is 2.15. The van der Waals surface area contributed by atoms with Crippen molar-refractivity contribution in [1.82, 2.24) is 5.16 Å². The van der Waals surface area contributed by atoms with Crippen molar-refractivity contribution in [2.75, 3.05) is 0 Å². The van der Waals surface area contributed by atoms with Crippen LogP contribution in [0.5, 0.6) is 0 Å². The number of aromatic nitrogens is 1. The van der Waals surface area contributed by atoms with Crippen LogP contribution in [0.2, 0.25) is 0 Å². The molecular formula is C7H11NO. The van der Waals surface area contributed by atoms with Gasteiger partial charge < -0.3 is 4.52 Å². The normalized spacial score (nSPS) is 10.1. The van der Waals surface area contributed by atoms with E-state index in [1.807, 2.05) is 13.8 Å². The molecule has 1 heterocycles. The molecule has 1 aromatic heterocycles. The second-order valence-corrected chi connectivity index (χ2v) is 2.16. The molecule has 0 radical (unpaired) electrons. The van der Waals surface area contributed by atoms with Crippen molar-refractivity contribution in [1.29, 1.82) is 0 Å². The minimum Gasteiger partial charge on any atom is -0.361 e. The van der Waals surface area contributed by atoms with Gasteiger partial charge in [0.2, 0.25) is 0 Å². The van der Waals surface area contributed by atoms with E-state index in [4.69, 9.17) is 4.52 Å². The Balaban J connectivity index is 3.04. The van der Waals surface area contributed by atoms with Gasteiger partial charge in [0.25, 0.3) is 0 Å². The molecule has 0 aliphatic heterocycles. The van der Waals surface area contributed by atoms with E-state index in [1.165, 1.54) is 5.56 Å². The maximum atomic E-state index is 4.94. The molecule has 0 N–H and O–H groups in total. The standard InChI is InChI=1S/C7H11NO/c1-4-7-5(2)6(3)9-8-7/h4H2,1-3H3. The lowest BCUT2D eigenvalue weighted by atomic mass is 10.2. The first-order chi connectivity index (χ1) is 4.25. The zero-order valence-corrected chi connectivity index (χ0v) is 6.06. The van der Waals surface area contributed by atoms with Gasteiger partial charge in [0.1, 0.15) is 5.76 Å². The van der Waals surface area contributed by atoms with Crippen molar-refractivity contribution in [3.05, 3.63) is 17.0 Å². The van der Waals surface area contributed by atoms with Crippen LogP contribution in [0, 0.1) is 13.8 Å². The summed E-state index contributed by atoms with van der Waals surface area (Å²) in [5, 5.41) is 3.86. The molecule has 1 aromatic rings. The molecular weight excluding hydrogens is 114 g/mol. The first-order valence-corrected chi connectivity index (χ1v) is 3.17. The minimum absolute atomic E-state index is 0.937. The third-order valence-corrected chi connectivity index (χ3v) is 1.59. The van der Waals surface area contributed by atoms with Crippen molar-refractivity contribution in [2.45, 2.75) is 27.2 Å². The molecule has 0 saturated carbocycles. The highest BCUT2D eigenvalue weighted by Gasteiger charge is 2.03. The highest BCUT2D eigenvalue weighted by Crippen LogP contribution is 2.10. The molecule has 0 atom stereocenters. The number of rotatable bonds is 1. The van der Waals surface area contributed by atoms with E-state index in [1.54, 1.807) is 0 Å². The van der Waals surface area contributed by atoms with Crippen LogP contribution in [0.15, 0.2) is 4.52 Å². The Kier molecular flexibility index (Phi) is 1.56. The lowest BCUT2D eigenvalue weighted by molar-refractivity contribution is 0.390. The van der Waals surface area contributed by atoms with E-state index in [2.05, 4.69) is 12.1 Å². The van der Waals surface area contributed by atoms with Gasteiger partial charge in [-0.3, -0.25) is 0 Å². The molecule has 1 rings (SSSR count). The molecule has 2 nitrogen and oxygen atoms in total. The molecule has 0 aromatic carbocycles. The molecule has 0 spiro atoms. The molecule has 0 fully saturated rings. The summed E-state index contributed by atoms with van der Waals surface area (Å²) in [5.41, 5.74) is 2.27. The fraction of sp³-hybridized carbons (Fsp3) is 0.571. The van der Waals surface area contributed by atoms with Gasteiger partial charge in [-0.2, -0.15) is 0 Å². The van der Waals surface area contributed by atoms with E-state index in [0.29, 0.717) is 0 Å². The zero-order chi connectivity index (χ0) is 6.85. The van der Waals surface area contributed by atoms with Crippen molar-refractivity contribution < 1.29 is 4.52 Å². The fourth-order valence-electron chi connectivity index (χ4n) is 0.793. The van der Waals surface area contributed by atoms with Gasteiger partial charge in [0.05, 0.1) is 5.69 Å². The van der Waals surface area contributed by atoms with Crippen molar-refractivity contribution in [3.63, 3.8) is 0 Å². The maximum absolute atomic E-state index is 4.94. The molecule has 0 bridgehead atoms. The van der Waals surface area contributed by atoms with Gasteiger partial charge in [0, 0.05) is 5.56 Å². The Hall–Kier alpha value is -0.790. The molecule has 0 saturated heterocycles. The summed E-state index contributed by atoms with van der Waals surface area (Å²) in [6.07, 6.45) is 0.961. The predicted molar refractivity (Wildman–Crippen MR) is 35.4 cm³/mol. The Morgan fingerprint density at radius 1 is 1.44 bits per heavy atom. The number of hydrogen-bond donors (Lipinski definition) is 0. The van der Waals surface area contributed by atoms with E-state index in [-0.39, 0.29) is 0 Å². The van der Waals surface area contributed by atoms with Crippen molar-refractivity contribution >= 4 is 0 Å². The van der Waals surface area contributed by atoms with Crippen LogP contribution in [0.25, 0.3) is 0 Å². The Labute approximate surface area is 54.9 Å². The highest BCUT2D eigenvalue weighted by molar-refractivity contribution is 5.19. The van der Waals surface area contributed by atoms with Gasteiger partial charge in [0.15, 0.2) is 0 Å². The second kappa shape index (κ2) is 2.21. The van der Waals surface area contributed by atoms with Gasteiger partial charge >= 0.3 is 0 Å². The minimum atomic E-state index is 0.937. The first-order valence-electron chi connectivity index (χ1n) is 3.17. The average molecular weight is 125 g/mol. The topological polar surface area (TPSA) is 26.0 Å². The summed E-state index contributed by atoms with van der Waals surface area (Å²) < 4.78 is 4.94. The summed E-state index contributed by atoms with van der Waals surface area (Å²) in [6, 6.07) is 0. The molecule has 0 amide bonds. The van der Waals surface area contributed by atoms with E-state index >= 15 is 0 Å². The van der Waals surface area contributed by atoms with E-state index < -0.39 is 0 Å². The molecule has 50 valence electrons. The number of nitrogens with zero attached hydrogens (tertiary/aromatic N) is 1. The van der Waals surface area contributed by atoms with Crippen molar-refractivity contribution in [2.24, 2.45) is 0 Å². The number of hydrogen-bond acceptors (Lipinski definition) is 2. The first kappa shape index (κ1) is 6.33. The summed E-state index contributed by atoms with van der Waals surface area (Å²) >= 11 is 0. The van der Waals surface area contributed by atoms with Gasteiger partial charge in [-0.25, -0.2) is 0 Å². The molecule has 2 heteroatoms. The van der Waals surface area contributed by atoms with E-state index in [9.17, 15) is 0 Å². The largest absolute Gasteiger partial charge is 0.361 e. The third-order valence-electron chi connectivity index (χ3n) is 1.59. The Bertz CT molecular complexity index is 203. The van der Waals surface area contributed by atoms with Crippen LogP contribution in [0.4, 0.5) is 0 Å². The van der Waals surface area contributed by atoms with Gasteiger partial charge in [-0.1, -0.05) is 12.1 Å². The van der Waals surface area contributed by atoms with Gasteiger partial charge in [-0.05, 0) is 20.3 Å². The molecule has 0 unspecified atom stereocenters. The second-order valence-electron chi connectivity index (χ2n) is 2.16. The fourth-order valence-corrected chi connectivity index (χ4v) is 0.793. The van der Waals surface area contributed by atoms with Crippen LogP contribution >= 0.6 is 0 Å². The summed E-state index contributed by atoms with van der Waals surface area (Å²) in [6.45, 7) is 6.04. The van der Waals surface area contributed by atoms with E-state index in [0.717, 1.165) is 17.9 Å². The monoisotopic (exact) mass is 125 g/mol. The Morgan fingerprint density at radius 2 is 2.11 bits per heavy atom. The molecule has 0 aliphatic carbocycles. The summed E-state index contributed by atoms with van der Waals surface area (Å²) in [7, 11) is 0. The van der Waals surface area contributed by atoms with Crippen molar-refractivity contribution in [3.8, 4) is 0 Å². The summed E-state index contributed by atoms with van der Waals surface area (Å²) in [4.78, 5) is 0. The van der Waals surface area contributed by atoms with Crippen LogP contribution in [0.3, 0.4) is 0 Å². The lowest BCUT2D eigenvalue weighted by Gasteiger charge is -1.85. The predicted octanol–water partition coefficient (Wildman–Crippen LogP) is 1.85. The van der Waals surface area contributed by atoms with Crippen LogP contribution < -0.4 is 0 Å². The Morgan fingerprint density at radius 3 is 2.33 bits per heavy atom.